The van der Waals surface area contributed by atoms with Crippen molar-refractivity contribution in [2.45, 2.75) is 38.4 Å². The second kappa shape index (κ2) is 3.64. The van der Waals surface area contributed by atoms with Crippen molar-refractivity contribution in [3.63, 3.8) is 0 Å². The van der Waals surface area contributed by atoms with Gasteiger partial charge in [0.25, 0.3) is 0 Å². The molecule has 0 aromatic carbocycles. The lowest BCUT2D eigenvalue weighted by Gasteiger charge is -2.48. The van der Waals surface area contributed by atoms with E-state index in [4.69, 9.17) is 9.57 Å². The maximum atomic E-state index is 5.82. The molecule has 0 saturated carbocycles. The van der Waals surface area contributed by atoms with Crippen LogP contribution < -0.4 is 5.48 Å². The van der Waals surface area contributed by atoms with Crippen LogP contribution in [0, 0.1) is 5.92 Å². The second-order valence-electron chi connectivity index (χ2n) is 5.38. The van der Waals surface area contributed by atoms with E-state index in [2.05, 4.69) is 16.5 Å². The van der Waals surface area contributed by atoms with Crippen molar-refractivity contribution in [2.24, 2.45) is 5.92 Å². The van der Waals surface area contributed by atoms with Crippen LogP contribution in [0.3, 0.4) is 0 Å². The second-order valence-corrected chi connectivity index (χ2v) is 5.38. The number of rotatable bonds is 2. The van der Waals surface area contributed by atoms with Crippen LogP contribution in [0.4, 0.5) is 0 Å². The van der Waals surface area contributed by atoms with Gasteiger partial charge in [-0.1, -0.05) is 0 Å². The summed E-state index contributed by atoms with van der Waals surface area (Å²) in [6.45, 7) is 7.53. The molecule has 0 radical (unpaired) electrons. The number of ether oxygens (including phenoxy) is 1. The number of hydrogen-bond donors (Lipinski definition) is 1. The highest BCUT2D eigenvalue weighted by molar-refractivity contribution is 5.17. The summed E-state index contributed by atoms with van der Waals surface area (Å²) in [4.78, 5) is 8.30. The van der Waals surface area contributed by atoms with Crippen LogP contribution in [0.1, 0.15) is 26.7 Å². The number of piperidine rings is 3. The molecule has 4 rings (SSSR count). The molecule has 4 aliphatic heterocycles. The number of fused-ring (bicyclic) bond motifs is 2. The van der Waals surface area contributed by atoms with E-state index in [0.29, 0.717) is 5.92 Å². The third kappa shape index (κ3) is 1.60. The molecule has 90 valence electrons. The monoisotopic (exact) mass is 224 g/mol. The highest BCUT2D eigenvalue weighted by atomic mass is 16.7. The Morgan fingerprint density at radius 2 is 2.25 bits per heavy atom. The van der Waals surface area contributed by atoms with Crippen molar-refractivity contribution in [2.75, 3.05) is 19.6 Å². The quantitative estimate of drug-likeness (QED) is 0.765. The molecule has 0 amide bonds. The Hall–Kier alpha value is -0.740. The van der Waals surface area contributed by atoms with E-state index in [9.17, 15) is 0 Å². The van der Waals surface area contributed by atoms with Crippen molar-refractivity contribution in [3.8, 4) is 0 Å². The fourth-order valence-corrected chi connectivity index (χ4v) is 3.08. The zero-order valence-corrected chi connectivity index (χ0v) is 10.0. The van der Waals surface area contributed by atoms with Gasteiger partial charge in [0, 0.05) is 12.6 Å². The van der Waals surface area contributed by atoms with E-state index in [1.54, 1.807) is 0 Å². The zero-order valence-electron chi connectivity index (χ0n) is 10.0. The minimum absolute atomic E-state index is 0.124. The molecule has 1 spiro atoms. The Kier molecular flexibility index (Phi) is 2.37. The number of nitrogens with zero attached hydrogens (tertiary/aromatic N) is 1. The average molecular weight is 224 g/mol. The van der Waals surface area contributed by atoms with Crippen LogP contribution in [-0.2, 0) is 9.57 Å². The summed E-state index contributed by atoms with van der Waals surface area (Å²) >= 11 is 0. The summed E-state index contributed by atoms with van der Waals surface area (Å²) in [6.07, 6.45) is 4.84. The molecule has 0 aromatic rings. The molecule has 4 nitrogen and oxygen atoms in total. The Balaban J connectivity index is 1.77. The molecule has 4 heterocycles. The first-order chi connectivity index (χ1) is 7.68. The average Bonchev–Trinajstić information content (AvgIpc) is 2.62. The molecular formula is C12H20N2O2. The Morgan fingerprint density at radius 1 is 1.50 bits per heavy atom. The normalized spacial score (nSPS) is 41.3. The van der Waals surface area contributed by atoms with Gasteiger partial charge in [-0.25, -0.2) is 5.48 Å². The SMILES string of the molecule is CC(C)OC1=CC2(CN3CCC2CC3)ON1. The van der Waals surface area contributed by atoms with Crippen molar-refractivity contribution < 1.29 is 9.57 Å². The van der Waals surface area contributed by atoms with Gasteiger partial charge in [0.05, 0.1) is 6.10 Å². The summed E-state index contributed by atoms with van der Waals surface area (Å²) in [5, 5.41) is 0. The predicted octanol–water partition coefficient (Wildman–Crippen LogP) is 1.25. The molecular weight excluding hydrogens is 204 g/mol. The molecule has 1 unspecified atom stereocenters. The van der Waals surface area contributed by atoms with E-state index >= 15 is 0 Å². The maximum Gasteiger partial charge on any atom is 0.210 e. The molecule has 1 N–H and O–H groups in total. The van der Waals surface area contributed by atoms with E-state index in [-0.39, 0.29) is 11.7 Å². The van der Waals surface area contributed by atoms with E-state index in [1.165, 1.54) is 25.9 Å². The largest absolute Gasteiger partial charge is 0.475 e. The Bertz CT molecular complexity index is 308. The van der Waals surface area contributed by atoms with Gasteiger partial charge in [-0.3, -0.25) is 9.74 Å². The van der Waals surface area contributed by atoms with E-state index < -0.39 is 0 Å². The first-order valence-corrected chi connectivity index (χ1v) is 6.24. The van der Waals surface area contributed by atoms with Crippen LogP contribution in [0.25, 0.3) is 0 Å². The molecule has 0 aliphatic carbocycles. The minimum Gasteiger partial charge on any atom is -0.475 e. The highest BCUT2D eigenvalue weighted by Gasteiger charge is 2.50. The fourth-order valence-electron chi connectivity index (χ4n) is 3.08. The summed E-state index contributed by atoms with van der Waals surface area (Å²) in [5.41, 5.74) is 2.82. The van der Waals surface area contributed by atoms with Gasteiger partial charge in [-0.2, -0.15) is 0 Å². The summed E-state index contributed by atoms with van der Waals surface area (Å²) in [7, 11) is 0. The van der Waals surface area contributed by atoms with Crippen molar-refractivity contribution in [3.05, 3.63) is 12.0 Å². The molecule has 3 fully saturated rings. The van der Waals surface area contributed by atoms with Gasteiger partial charge < -0.3 is 4.74 Å². The molecule has 3 saturated heterocycles. The molecule has 1 atom stereocenters. The van der Waals surface area contributed by atoms with Gasteiger partial charge >= 0.3 is 0 Å². The maximum absolute atomic E-state index is 5.82. The van der Waals surface area contributed by atoms with E-state index in [1.807, 2.05) is 13.8 Å². The number of nitrogens with one attached hydrogen (secondary N) is 1. The third-order valence-corrected chi connectivity index (χ3v) is 3.83. The van der Waals surface area contributed by atoms with Crippen LogP contribution in [0.2, 0.25) is 0 Å². The van der Waals surface area contributed by atoms with Crippen LogP contribution in [0.15, 0.2) is 12.0 Å². The molecule has 2 bridgehead atoms. The van der Waals surface area contributed by atoms with Gasteiger partial charge in [-0.15, -0.1) is 0 Å². The molecule has 0 aromatic heterocycles. The first kappa shape index (κ1) is 10.4. The van der Waals surface area contributed by atoms with Crippen LogP contribution >= 0.6 is 0 Å². The fraction of sp³-hybridized carbons (Fsp3) is 0.833. The van der Waals surface area contributed by atoms with Gasteiger partial charge in [0.15, 0.2) is 0 Å². The van der Waals surface area contributed by atoms with Crippen molar-refractivity contribution in [1.82, 2.24) is 10.4 Å². The lowest BCUT2D eigenvalue weighted by Crippen LogP contribution is -2.58. The molecule has 4 heteroatoms. The number of hydroxylamine groups is 1. The van der Waals surface area contributed by atoms with Gasteiger partial charge in [0.2, 0.25) is 5.88 Å². The third-order valence-electron chi connectivity index (χ3n) is 3.83. The topological polar surface area (TPSA) is 33.7 Å². The number of hydrogen-bond acceptors (Lipinski definition) is 4. The minimum atomic E-state index is -0.124. The van der Waals surface area contributed by atoms with Crippen LogP contribution in [-0.4, -0.2) is 36.2 Å². The van der Waals surface area contributed by atoms with Crippen molar-refractivity contribution in [1.29, 1.82) is 0 Å². The van der Waals surface area contributed by atoms with Crippen LogP contribution in [0.5, 0.6) is 0 Å². The standard InChI is InChI=1S/C12H20N2O2/c1-9(2)15-11-7-12(16-13-11)8-14-5-3-10(12)4-6-14/h7,9-10,13H,3-6,8H2,1-2H3. The Morgan fingerprint density at radius 3 is 2.81 bits per heavy atom. The van der Waals surface area contributed by atoms with Gasteiger partial charge in [-0.05, 0) is 45.7 Å². The lowest BCUT2D eigenvalue weighted by atomic mass is 9.75. The zero-order chi connectivity index (χ0) is 11.2. The summed E-state index contributed by atoms with van der Waals surface area (Å²) < 4.78 is 5.65. The first-order valence-electron chi connectivity index (χ1n) is 6.24. The van der Waals surface area contributed by atoms with Gasteiger partial charge in [0.1, 0.15) is 5.60 Å². The van der Waals surface area contributed by atoms with E-state index in [0.717, 1.165) is 12.4 Å². The molecule has 4 aliphatic rings. The smallest absolute Gasteiger partial charge is 0.210 e. The van der Waals surface area contributed by atoms with Crippen molar-refractivity contribution >= 4 is 0 Å². The summed E-state index contributed by atoms with van der Waals surface area (Å²) in [5.74, 6) is 1.45. The summed E-state index contributed by atoms with van der Waals surface area (Å²) in [6, 6.07) is 0. The highest BCUT2D eigenvalue weighted by Crippen LogP contribution is 2.41. The predicted molar refractivity (Wildman–Crippen MR) is 60.4 cm³/mol. The molecule has 16 heavy (non-hydrogen) atoms. The Labute approximate surface area is 96.5 Å². The lowest BCUT2D eigenvalue weighted by molar-refractivity contribution is -0.144.